The van der Waals surface area contributed by atoms with Crippen LogP contribution in [0.1, 0.15) is 52.8 Å². The van der Waals surface area contributed by atoms with Crippen molar-refractivity contribution in [2.24, 2.45) is 0 Å². The van der Waals surface area contributed by atoms with E-state index in [0.717, 1.165) is 22.3 Å². The maximum absolute atomic E-state index is 5.93. The molecule has 1 aliphatic heterocycles. The lowest BCUT2D eigenvalue weighted by Crippen LogP contribution is -2.29. The molecule has 0 amide bonds. The molecule has 4 nitrogen and oxygen atoms in total. The number of hydrogen-bond donors (Lipinski definition) is 1. The summed E-state index contributed by atoms with van der Waals surface area (Å²) >= 11 is 9.57. The van der Waals surface area contributed by atoms with Crippen molar-refractivity contribution in [2.45, 2.75) is 46.2 Å². The molecular weight excluding hydrogens is 516 g/mol. The fraction of sp³-hybridized carbons (Fsp3) is 0.241. The van der Waals surface area contributed by atoms with E-state index in [4.69, 9.17) is 17.2 Å². The molecule has 5 rings (SSSR count). The zero-order valence-corrected chi connectivity index (χ0v) is 22.8. The molecule has 1 aliphatic rings. The SMILES string of the molecule is CCc1ccc(-n2c(C)cc([C@@H]3[C@H](c4ccccn4)NC(=S)N3c3ccc(Br)c(C)c3)c2C)cc1. The normalized spacial score (nSPS) is 17.6. The van der Waals surface area contributed by atoms with Gasteiger partial charge in [-0.25, -0.2) is 0 Å². The maximum atomic E-state index is 5.93. The monoisotopic (exact) mass is 544 g/mol. The Kier molecular flexibility index (Phi) is 6.51. The molecule has 6 heteroatoms. The minimum Gasteiger partial charge on any atom is -0.351 e. The number of nitrogens with one attached hydrogen (secondary N) is 1. The zero-order chi connectivity index (χ0) is 24.7. The van der Waals surface area contributed by atoms with Crippen molar-refractivity contribution >= 4 is 38.9 Å². The number of halogens is 1. The first-order valence-corrected chi connectivity index (χ1v) is 13.1. The standard InChI is InChI=1S/C29H29BrN4S/c1-5-21-9-11-22(12-10-21)33-19(3)17-24(20(33)4)28-27(26-8-6-7-15-31-26)32-29(35)34(28)23-13-14-25(30)18(2)16-23/h6-17,27-28H,5H2,1-4H3,(H,32,35)/t27-,28+/m0/s1. The van der Waals surface area contributed by atoms with E-state index in [1.54, 1.807) is 0 Å². The topological polar surface area (TPSA) is 33.1 Å². The summed E-state index contributed by atoms with van der Waals surface area (Å²) in [7, 11) is 0. The molecular formula is C29H29BrN4S. The third kappa shape index (κ3) is 4.30. The van der Waals surface area contributed by atoms with Crippen LogP contribution in [0.4, 0.5) is 5.69 Å². The quantitative estimate of drug-likeness (QED) is 0.267. The van der Waals surface area contributed by atoms with Gasteiger partial charge < -0.3 is 14.8 Å². The van der Waals surface area contributed by atoms with Gasteiger partial charge in [0.25, 0.3) is 0 Å². The van der Waals surface area contributed by atoms with Gasteiger partial charge in [0.15, 0.2) is 5.11 Å². The second-order valence-electron chi connectivity index (χ2n) is 9.11. The summed E-state index contributed by atoms with van der Waals surface area (Å²) in [6.07, 6.45) is 2.88. The highest BCUT2D eigenvalue weighted by atomic mass is 79.9. The summed E-state index contributed by atoms with van der Waals surface area (Å²) in [5, 5.41) is 4.30. The number of benzene rings is 2. The van der Waals surface area contributed by atoms with Crippen molar-refractivity contribution < 1.29 is 0 Å². The average molecular weight is 546 g/mol. The predicted molar refractivity (Wildman–Crippen MR) is 151 cm³/mol. The Balaban J connectivity index is 1.66. The summed E-state index contributed by atoms with van der Waals surface area (Å²) in [4.78, 5) is 6.95. The van der Waals surface area contributed by atoms with Gasteiger partial charge in [0, 0.05) is 33.4 Å². The van der Waals surface area contributed by atoms with Crippen molar-refractivity contribution in [3.05, 3.63) is 111 Å². The van der Waals surface area contributed by atoms with Crippen LogP contribution in [-0.4, -0.2) is 14.7 Å². The first-order valence-electron chi connectivity index (χ1n) is 11.9. The maximum Gasteiger partial charge on any atom is 0.174 e. The van der Waals surface area contributed by atoms with Gasteiger partial charge in [0.2, 0.25) is 0 Å². The Morgan fingerprint density at radius 2 is 1.71 bits per heavy atom. The lowest BCUT2D eigenvalue weighted by atomic mass is 9.96. The van der Waals surface area contributed by atoms with E-state index in [1.807, 2.05) is 18.3 Å². The third-order valence-corrected chi connectivity index (χ3v) is 8.11. The molecule has 35 heavy (non-hydrogen) atoms. The number of rotatable bonds is 5. The number of aryl methyl sites for hydroxylation is 3. The van der Waals surface area contributed by atoms with Gasteiger partial charge in [-0.15, -0.1) is 0 Å². The number of anilines is 1. The molecule has 1 N–H and O–H groups in total. The predicted octanol–water partition coefficient (Wildman–Crippen LogP) is 7.30. The highest BCUT2D eigenvalue weighted by Gasteiger charge is 2.42. The van der Waals surface area contributed by atoms with Crippen LogP contribution in [0.15, 0.2) is 77.4 Å². The van der Waals surface area contributed by atoms with Crippen LogP contribution >= 0.6 is 28.1 Å². The molecule has 1 saturated heterocycles. The average Bonchev–Trinajstić information content (AvgIpc) is 3.36. The highest BCUT2D eigenvalue weighted by molar-refractivity contribution is 9.10. The summed E-state index contributed by atoms with van der Waals surface area (Å²) in [6, 6.07) is 23.5. The smallest absolute Gasteiger partial charge is 0.174 e. The van der Waals surface area contributed by atoms with Crippen molar-refractivity contribution in [1.29, 1.82) is 0 Å². The van der Waals surface area contributed by atoms with E-state index < -0.39 is 0 Å². The molecule has 178 valence electrons. The molecule has 3 heterocycles. The van der Waals surface area contributed by atoms with Crippen molar-refractivity contribution in [3.63, 3.8) is 0 Å². The van der Waals surface area contributed by atoms with E-state index >= 15 is 0 Å². The van der Waals surface area contributed by atoms with Crippen LogP contribution < -0.4 is 10.2 Å². The Morgan fingerprint density at radius 3 is 2.37 bits per heavy atom. The van der Waals surface area contributed by atoms with E-state index in [2.05, 4.69) is 113 Å². The molecule has 4 aromatic rings. The van der Waals surface area contributed by atoms with Crippen LogP contribution in [-0.2, 0) is 6.42 Å². The second-order valence-corrected chi connectivity index (χ2v) is 10.4. The largest absolute Gasteiger partial charge is 0.351 e. The van der Waals surface area contributed by atoms with Gasteiger partial charge in [0.1, 0.15) is 0 Å². The van der Waals surface area contributed by atoms with E-state index in [9.17, 15) is 0 Å². The zero-order valence-electron chi connectivity index (χ0n) is 20.4. The van der Waals surface area contributed by atoms with Crippen molar-refractivity contribution in [3.8, 4) is 5.69 Å². The Labute approximate surface area is 221 Å². The number of pyridine rings is 1. The fourth-order valence-corrected chi connectivity index (χ4v) is 5.69. The summed E-state index contributed by atoms with van der Waals surface area (Å²) in [6.45, 7) is 8.68. The first kappa shape index (κ1) is 23.8. The number of aromatic nitrogens is 2. The second kappa shape index (κ2) is 9.59. The third-order valence-electron chi connectivity index (χ3n) is 6.91. The molecule has 0 saturated carbocycles. The van der Waals surface area contributed by atoms with Gasteiger partial charge in [-0.1, -0.05) is 41.1 Å². The summed E-state index contributed by atoms with van der Waals surface area (Å²) in [5.41, 5.74) is 9.40. The van der Waals surface area contributed by atoms with E-state index in [0.29, 0.717) is 5.11 Å². The van der Waals surface area contributed by atoms with Crippen molar-refractivity contribution in [2.75, 3.05) is 4.90 Å². The number of nitrogens with zero attached hydrogens (tertiary/aromatic N) is 3. The molecule has 0 aliphatic carbocycles. The number of thiocarbonyl (C=S) groups is 1. The lowest BCUT2D eigenvalue weighted by molar-refractivity contribution is 0.565. The van der Waals surface area contributed by atoms with Crippen LogP contribution in [0.5, 0.6) is 0 Å². The molecule has 2 aromatic heterocycles. The van der Waals surface area contributed by atoms with Crippen LogP contribution in [0.25, 0.3) is 5.69 Å². The molecule has 2 atom stereocenters. The van der Waals surface area contributed by atoms with E-state index in [1.165, 1.54) is 33.8 Å². The minimum atomic E-state index is -0.0657. The molecule has 0 spiro atoms. The minimum absolute atomic E-state index is 0.0344. The van der Waals surface area contributed by atoms with Crippen molar-refractivity contribution in [1.82, 2.24) is 14.9 Å². The molecule has 0 unspecified atom stereocenters. The Bertz CT molecular complexity index is 1380. The summed E-state index contributed by atoms with van der Waals surface area (Å²) in [5.74, 6) is 0. The molecule has 2 aromatic carbocycles. The molecule has 0 radical (unpaired) electrons. The number of hydrogen-bond acceptors (Lipinski definition) is 2. The van der Waals surface area contributed by atoms with Crippen LogP contribution in [0.3, 0.4) is 0 Å². The van der Waals surface area contributed by atoms with Gasteiger partial charge in [-0.05, 0) is 105 Å². The van der Waals surface area contributed by atoms with Gasteiger partial charge >= 0.3 is 0 Å². The van der Waals surface area contributed by atoms with E-state index in [-0.39, 0.29) is 12.1 Å². The Hall–Kier alpha value is -2.96. The molecule has 1 fully saturated rings. The van der Waals surface area contributed by atoms with Gasteiger partial charge in [0.05, 0.1) is 17.8 Å². The summed E-state index contributed by atoms with van der Waals surface area (Å²) < 4.78 is 3.43. The van der Waals surface area contributed by atoms with Crippen LogP contribution in [0, 0.1) is 20.8 Å². The van der Waals surface area contributed by atoms with Gasteiger partial charge in [-0.3, -0.25) is 4.98 Å². The van der Waals surface area contributed by atoms with Gasteiger partial charge in [-0.2, -0.15) is 0 Å². The van der Waals surface area contributed by atoms with Crippen LogP contribution in [0.2, 0.25) is 0 Å². The first-order chi connectivity index (χ1) is 16.9. The highest BCUT2D eigenvalue weighted by Crippen LogP contribution is 2.44. The lowest BCUT2D eigenvalue weighted by Gasteiger charge is -2.28. The Morgan fingerprint density at radius 1 is 0.971 bits per heavy atom. The fourth-order valence-electron chi connectivity index (χ4n) is 5.09. The molecule has 0 bridgehead atoms.